The molecule has 1 unspecified atom stereocenters. The molecule has 2 aromatic heterocycles. The fraction of sp³-hybridized carbons (Fsp3) is 0.320. The molecular weight excluding hydrogens is 372 g/mol. The fourth-order valence-corrected chi connectivity index (χ4v) is 4.53. The van der Waals surface area contributed by atoms with Crippen molar-refractivity contribution in [2.24, 2.45) is 5.92 Å². The smallest absolute Gasteiger partial charge is 0.141 e. The average molecular weight is 396 g/mol. The van der Waals surface area contributed by atoms with Crippen molar-refractivity contribution >= 4 is 0 Å². The molecule has 1 atom stereocenters. The van der Waals surface area contributed by atoms with E-state index in [9.17, 15) is 5.11 Å². The largest absolute Gasteiger partial charge is 0.376 e. The van der Waals surface area contributed by atoms with Crippen LogP contribution in [0.5, 0.6) is 0 Å². The van der Waals surface area contributed by atoms with Gasteiger partial charge >= 0.3 is 0 Å². The molecule has 1 aromatic carbocycles. The Morgan fingerprint density at radius 3 is 2.60 bits per heavy atom. The lowest BCUT2D eigenvalue weighted by Crippen LogP contribution is -2.58. The molecule has 5 nitrogen and oxygen atoms in total. The zero-order chi connectivity index (χ0) is 20.4. The number of hydrogen-bond acceptors (Lipinski definition) is 5. The third-order valence-corrected chi connectivity index (χ3v) is 6.25. The maximum atomic E-state index is 11.2. The predicted molar refractivity (Wildman–Crippen MR) is 116 cm³/mol. The molecule has 0 spiro atoms. The van der Waals surface area contributed by atoms with E-state index in [1.165, 1.54) is 5.56 Å². The van der Waals surface area contributed by atoms with Gasteiger partial charge in [-0.05, 0) is 55.6 Å². The van der Waals surface area contributed by atoms with Gasteiger partial charge in [0, 0.05) is 29.8 Å². The van der Waals surface area contributed by atoms with E-state index in [4.69, 9.17) is 0 Å². The first-order valence-corrected chi connectivity index (χ1v) is 10.5. The molecule has 3 aromatic rings. The number of aliphatic hydroxyl groups is 1. The Balaban J connectivity index is 1.51. The maximum absolute atomic E-state index is 11.2. The number of benzene rings is 1. The van der Waals surface area contributed by atoms with Crippen molar-refractivity contribution in [1.29, 1.82) is 0 Å². The Hall–Kier alpha value is -3.07. The fourth-order valence-electron chi connectivity index (χ4n) is 4.53. The highest BCUT2D eigenvalue weighted by molar-refractivity contribution is 5.60. The normalized spacial score (nSPS) is 24.8. The SMILES string of the molecule is OC1(C#Cc2cnc(-c3ccnnc3)cc2Cc2ccccc2)CN2CCC1CC2. The number of nitrogens with zero attached hydrogens (tertiary/aromatic N) is 4. The van der Waals surface area contributed by atoms with Crippen molar-refractivity contribution in [3.8, 4) is 23.1 Å². The van der Waals surface area contributed by atoms with Crippen molar-refractivity contribution in [2.45, 2.75) is 24.9 Å². The van der Waals surface area contributed by atoms with Crippen molar-refractivity contribution in [1.82, 2.24) is 20.1 Å². The highest BCUT2D eigenvalue weighted by Gasteiger charge is 2.44. The van der Waals surface area contributed by atoms with E-state index >= 15 is 0 Å². The number of piperidine rings is 3. The first kappa shape index (κ1) is 18.9. The van der Waals surface area contributed by atoms with Crippen LogP contribution in [-0.4, -0.2) is 50.4 Å². The summed E-state index contributed by atoms with van der Waals surface area (Å²) in [5, 5.41) is 19.0. The zero-order valence-electron chi connectivity index (χ0n) is 16.8. The van der Waals surface area contributed by atoms with Gasteiger partial charge in [-0.1, -0.05) is 42.2 Å². The standard InChI is InChI=1S/C25H24N4O/c30-25(18-29-12-8-23(25)9-13-29)10-6-20-16-26-24(21-7-11-27-28-17-21)15-22(20)14-19-4-2-1-3-5-19/h1-5,7,11,15-17,23,30H,8-9,12-14,18H2. The number of pyridine rings is 1. The van der Waals surface area contributed by atoms with Crippen LogP contribution in [0.25, 0.3) is 11.3 Å². The average Bonchev–Trinajstić information content (AvgIpc) is 2.80. The Bertz CT molecular complexity index is 1080. The van der Waals surface area contributed by atoms with Gasteiger partial charge < -0.3 is 5.11 Å². The van der Waals surface area contributed by atoms with E-state index in [1.807, 2.05) is 30.5 Å². The van der Waals surface area contributed by atoms with E-state index < -0.39 is 5.60 Å². The summed E-state index contributed by atoms with van der Waals surface area (Å²) in [7, 11) is 0. The van der Waals surface area contributed by atoms with Crippen molar-refractivity contribution in [2.75, 3.05) is 19.6 Å². The minimum atomic E-state index is -0.922. The molecule has 0 amide bonds. The Morgan fingerprint density at radius 1 is 1.07 bits per heavy atom. The van der Waals surface area contributed by atoms with Crippen LogP contribution in [0.1, 0.15) is 29.5 Å². The van der Waals surface area contributed by atoms with Gasteiger partial charge in [0.15, 0.2) is 0 Å². The van der Waals surface area contributed by atoms with Crippen LogP contribution in [0, 0.1) is 17.8 Å². The molecule has 0 radical (unpaired) electrons. The molecule has 30 heavy (non-hydrogen) atoms. The molecule has 3 aliphatic rings. The lowest BCUT2D eigenvalue weighted by atomic mass is 9.75. The minimum Gasteiger partial charge on any atom is -0.376 e. The molecule has 0 saturated carbocycles. The van der Waals surface area contributed by atoms with E-state index in [0.29, 0.717) is 6.54 Å². The topological polar surface area (TPSA) is 62.1 Å². The second-order valence-corrected chi connectivity index (χ2v) is 8.24. The molecule has 5 heterocycles. The summed E-state index contributed by atoms with van der Waals surface area (Å²) in [4.78, 5) is 6.94. The molecule has 3 saturated heterocycles. The number of hydrogen-bond donors (Lipinski definition) is 1. The summed E-state index contributed by atoms with van der Waals surface area (Å²) in [6.45, 7) is 2.79. The molecule has 3 fully saturated rings. The molecular formula is C25H24N4O. The van der Waals surface area contributed by atoms with Gasteiger partial charge in [-0.25, -0.2) is 0 Å². The van der Waals surface area contributed by atoms with Gasteiger partial charge in [0.25, 0.3) is 0 Å². The van der Waals surface area contributed by atoms with Gasteiger partial charge in [0.2, 0.25) is 0 Å². The lowest BCUT2D eigenvalue weighted by Gasteiger charge is -2.47. The van der Waals surface area contributed by atoms with Crippen LogP contribution >= 0.6 is 0 Å². The monoisotopic (exact) mass is 396 g/mol. The van der Waals surface area contributed by atoms with Gasteiger partial charge in [0.1, 0.15) is 5.60 Å². The molecule has 3 aliphatic heterocycles. The predicted octanol–water partition coefficient (Wildman–Crippen LogP) is 2.94. The maximum Gasteiger partial charge on any atom is 0.141 e. The zero-order valence-corrected chi connectivity index (χ0v) is 16.8. The summed E-state index contributed by atoms with van der Waals surface area (Å²) in [5.74, 6) is 6.79. The first-order chi connectivity index (χ1) is 14.7. The number of fused-ring (bicyclic) bond motifs is 3. The van der Waals surface area contributed by atoms with Crippen LogP contribution in [0.3, 0.4) is 0 Å². The highest BCUT2D eigenvalue weighted by atomic mass is 16.3. The van der Waals surface area contributed by atoms with Gasteiger partial charge in [-0.3, -0.25) is 9.88 Å². The second kappa shape index (κ2) is 7.98. The Morgan fingerprint density at radius 2 is 1.90 bits per heavy atom. The van der Waals surface area contributed by atoms with Gasteiger partial charge in [-0.2, -0.15) is 10.2 Å². The van der Waals surface area contributed by atoms with Crippen LogP contribution < -0.4 is 0 Å². The summed E-state index contributed by atoms with van der Waals surface area (Å²) in [5.41, 5.74) is 4.04. The van der Waals surface area contributed by atoms with Crippen LogP contribution in [0.4, 0.5) is 0 Å². The van der Waals surface area contributed by atoms with Crippen molar-refractivity contribution < 1.29 is 5.11 Å². The number of aromatic nitrogens is 3. The summed E-state index contributed by atoms with van der Waals surface area (Å²) in [6.07, 6.45) is 8.02. The highest BCUT2D eigenvalue weighted by Crippen LogP contribution is 2.35. The van der Waals surface area contributed by atoms with E-state index in [1.54, 1.807) is 12.4 Å². The van der Waals surface area contributed by atoms with Crippen molar-refractivity contribution in [3.63, 3.8) is 0 Å². The third kappa shape index (κ3) is 3.85. The van der Waals surface area contributed by atoms with E-state index in [0.717, 1.165) is 54.7 Å². The Labute approximate surface area is 176 Å². The van der Waals surface area contributed by atoms with Crippen LogP contribution in [0.15, 0.2) is 61.1 Å². The molecule has 0 aliphatic carbocycles. The lowest BCUT2D eigenvalue weighted by molar-refractivity contribution is -0.0713. The Kier molecular flexibility index (Phi) is 5.04. The van der Waals surface area contributed by atoms with Crippen LogP contribution in [-0.2, 0) is 6.42 Å². The minimum absolute atomic E-state index is 0.266. The van der Waals surface area contributed by atoms with Crippen LogP contribution in [0.2, 0.25) is 0 Å². The molecule has 150 valence electrons. The summed E-state index contributed by atoms with van der Waals surface area (Å²) in [6, 6.07) is 14.3. The molecule has 5 heteroatoms. The second-order valence-electron chi connectivity index (χ2n) is 8.24. The van der Waals surface area contributed by atoms with Crippen molar-refractivity contribution in [3.05, 3.63) is 77.7 Å². The quantitative estimate of drug-likeness (QED) is 0.690. The van der Waals surface area contributed by atoms with E-state index in [-0.39, 0.29) is 5.92 Å². The summed E-state index contributed by atoms with van der Waals surface area (Å²) >= 11 is 0. The molecule has 1 N–H and O–H groups in total. The van der Waals surface area contributed by atoms with Gasteiger partial charge in [-0.15, -0.1) is 0 Å². The molecule has 6 rings (SSSR count). The molecule has 2 bridgehead atoms. The number of rotatable bonds is 3. The first-order valence-electron chi connectivity index (χ1n) is 10.5. The van der Waals surface area contributed by atoms with E-state index in [2.05, 4.69) is 50.1 Å². The third-order valence-electron chi connectivity index (χ3n) is 6.25. The summed E-state index contributed by atoms with van der Waals surface area (Å²) < 4.78 is 0. The van der Waals surface area contributed by atoms with Gasteiger partial charge in [0.05, 0.1) is 18.1 Å².